The predicted octanol–water partition coefficient (Wildman–Crippen LogP) is 1.90. The van der Waals surface area contributed by atoms with Crippen LogP contribution in [0.5, 0.6) is 0 Å². The summed E-state index contributed by atoms with van der Waals surface area (Å²) >= 11 is 9.95. The van der Waals surface area contributed by atoms with Gasteiger partial charge in [0.05, 0.1) is 16.6 Å². The van der Waals surface area contributed by atoms with Crippen molar-refractivity contribution < 1.29 is 8.42 Å². The number of hydrazine groups is 1. The summed E-state index contributed by atoms with van der Waals surface area (Å²) in [4.78, 5) is 5.61. The van der Waals surface area contributed by atoms with Gasteiger partial charge in [0.15, 0.2) is 5.11 Å². The predicted molar refractivity (Wildman–Crippen MR) is 135 cm³/mol. The van der Waals surface area contributed by atoms with Crippen LogP contribution in [0.2, 0.25) is 0 Å². The Morgan fingerprint density at radius 3 is 2.55 bits per heavy atom. The minimum absolute atomic E-state index is 0.0990. The lowest BCUT2D eigenvalue weighted by molar-refractivity contribution is 0.586. The van der Waals surface area contributed by atoms with Crippen molar-refractivity contribution in [3.05, 3.63) is 36.4 Å². The number of aliphatic imine (C=N–C) groups is 1. The van der Waals surface area contributed by atoms with Crippen LogP contribution in [0, 0.1) is 0 Å². The summed E-state index contributed by atoms with van der Waals surface area (Å²) in [7, 11) is 0.00990. The number of benzene rings is 2. The van der Waals surface area contributed by atoms with Gasteiger partial charge in [-0.1, -0.05) is 18.2 Å². The number of anilines is 1. The van der Waals surface area contributed by atoms with Crippen LogP contribution in [0.3, 0.4) is 0 Å². The number of hydrogen-bond acceptors (Lipinski definition) is 7. The molecule has 0 radical (unpaired) electrons. The molecule has 1 atom stereocenters. The van der Waals surface area contributed by atoms with Crippen molar-refractivity contribution in [2.24, 2.45) is 10.1 Å². The fraction of sp³-hybridized carbons (Fsp3) is 0.263. The third-order valence-corrected chi connectivity index (χ3v) is 6.25. The van der Waals surface area contributed by atoms with Gasteiger partial charge >= 0.3 is 0 Å². The van der Waals surface area contributed by atoms with Gasteiger partial charge in [0.2, 0.25) is 5.11 Å². The summed E-state index contributed by atoms with van der Waals surface area (Å²) in [6.45, 7) is 6.85. The Labute approximate surface area is 193 Å². The summed E-state index contributed by atoms with van der Waals surface area (Å²) in [5, 5.41) is 5.86. The Hall–Kier alpha value is -2.67. The largest absolute Gasteiger partial charge is 0.377 e. The zero-order valence-electron chi connectivity index (χ0n) is 17.6. The first-order chi connectivity index (χ1) is 14.5. The molecule has 0 amide bonds. The van der Waals surface area contributed by atoms with E-state index in [0.29, 0.717) is 5.71 Å². The average Bonchev–Trinajstić information content (AvgIpc) is 2.74. The number of rotatable bonds is 7. The van der Waals surface area contributed by atoms with Crippen LogP contribution in [-0.4, -0.2) is 51.2 Å². The lowest BCUT2D eigenvalue weighted by Crippen LogP contribution is -2.51. The Kier molecular flexibility index (Phi) is 8.39. The molecule has 166 valence electrons. The van der Waals surface area contributed by atoms with Crippen molar-refractivity contribution in [3.8, 4) is 0 Å². The van der Waals surface area contributed by atoms with E-state index in [1.54, 1.807) is 32.0 Å². The first-order valence-corrected chi connectivity index (χ1v) is 11.4. The van der Waals surface area contributed by atoms with Gasteiger partial charge in [0, 0.05) is 25.2 Å². The molecule has 0 saturated heterocycles. The minimum atomic E-state index is -3.86. The third kappa shape index (κ3) is 6.66. The standard InChI is InChI=1S/C19H25N7O2S3/c1-12(21-23-18(29)20-3)13(2)22-24-19(30)25-31(27,28)15-9-10-16-14(11-15)7-6-8-17(16)26(4)5/h6-11,13,22H,3H2,1-2,4-5H3,(H,23,29)(H2,24,25,30)/b21-12-. The van der Waals surface area contributed by atoms with E-state index in [1.165, 1.54) is 0 Å². The van der Waals surface area contributed by atoms with Crippen LogP contribution in [0.25, 0.3) is 10.8 Å². The van der Waals surface area contributed by atoms with Crippen LogP contribution < -0.4 is 25.9 Å². The van der Waals surface area contributed by atoms with E-state index in [9.17, 15) is 8.42 Å². The number of fused-ring (bicyclic) bond motifs is 1. The number of thiocarbonyl (C=S) groups is 2. The van der Waals surface area contributed by atoms with Crippen molar-refractivity contribution in [3.63, 3.8) is 0 Å². The number of hydrogen-bond donors (Lipinski definition) is 4. The second-order valence-corrected chi connectivity index (χ2v) is 9.29. The van der Waals surface area contributed by atoms with Gasteiger partial charge in [-0.15, -0.1) is 0 Å². The van der Waals surface area contributed by atoms with Gasteiger partial charge in [-0.25, -0.2) is 18.8 Å². The Morgan fingerprint density at radius 1 is 1.19 bits per heavy atom. The van der Waals surface area contributed by atoms with Crippen LogP contribution in [0.1, 0.15) is 13.8 Å². The van der Waals surface area contributed by atoms with E-state index in [1.807, 2.05) is 37.2 Å². The zero-order chi connectivity index (χ0) is 23.2. The summed E-state index contributed by atoms with van der Waals surface area (Å²) in [5.41, 5.74) is 9.72. The third-order valence-electron chi connectivity index (χ3n) is 4.35. The van der Waals surface area contributed by atoms with Crippen molar-refractivity contribution >= 4 is 73.6 Å². The van der Waals surface area contributed by atoms with Gasteiger partial charge in [0.1, 0.15) is 0 Å². The first kappa shape index (κ1) is 24.6. The van der Waals surface area contributed by atoms with E-state index in [0.717, 1.165) is 16.5 Å². The van der Waals surface area contributed by atoms with E-state index >= 15 is 0 Å². The maximum atomic E-state index is 12.8. The molecule has 0 bridgehead atoms. The van der Waals surface area contributed by atoms with Crippen molar-refractivity contribution in [2.45, 2.75) is 24.8 Å². The second-order valence-electron chi connectivity index (χ2n) is 6.81. The maximum Gasteiger partial charge on any atom is 0.263 e. The number of nitrogens with one attached hydrogen (secondary N) is 4. The second kappa shape index (κ2) is 10.6. The minimum Gasteiger partial charge on any atom is -0.377 e. The van der Waals surface area contributed by atoms with Gasteiger partial charge in [-0.3, -0.25) is 15.6 Å². The first-order valence-electron chi connectivity index (χ1n) is 9.14. The average molecular weight is 480 g/mol. The lowest BCUT2D eigenvalue weighted by atomic mass is 10.1. The van der Waals surface area contributed by atoms with Crippen LogP contribution >= 0.6 is 24.4 Å². The maximum absolute atomic E-state index is 12.8. The summed E-state index contributed by atoms with van der Waals surface area (Å²) in [5.74, 6) is 0. The number of nitrogens with zero attached hydrogens (tertiary/aromatic N) is 3. The molecule has 0 saturated carbocycles. The lowest BCUT2D eigenvalue weighted by Gasteiger charge is -2.18. The molecule has 0 spiro atoms. The smallest absolute Gasteiger partial charge is 0.263 e. The fourth-order valence-electron chi connectivity index (χ4n) is 2.55. The van der Waals surface area contributed by atoms with E-state index in [-0.39, 0.29) is 21.2 Å². The highest BCUT2D eigenvalue weighted by atomic mass is 32.2. The van der Waals surface area contributed by atoms with Gasteiger partial charge in [0.25, 0.3) is 10.0 Å². The SMILES string of the molecule is C=NC(=S)N/N=C(/C)C(C)NNC(=S)NS(=O)(=O)c1ccc2c(N(C)C)cccc2c1. The molecule has 1 unspecified atom stereocenters. The molecule has 2 aromatic rings. The Bertz CT molecular complexity index is 1130. The molecule has 0 aliphatic rings. The summed E-state index contributed by atoms with van der Waals surface area (Å²) in [6, 6.07) is 10.4. The van der Waals surface area contributed by atoms with E-state index in [4.69, 9.17) is 24.4 Å². The molecule has 9 nitrogen and oxygen atoms in total. The normalized spacial score (nSPS) is 12.7. The highest BCUT2D eigenvalue weighted by Crippen LogP contribution is 2.27. The number of hydrazone groups is 1. The van der Waals surface area contributed by atoms with Crippen molar-refractivity contribution in [1.82, 2.24) is 21.0 Å². The molecule has 0 aliphatic heterocycles. The quantitative estimate of drug-likeness (QED) is 0.271. The van der Waals surface area contributed by atoms with E-state index in [2.05, 4.69) is 37.8 Å². The van der Waals surface area contributed by atoms with Gasteiger partial charge in [-0.05, 0) is 68.6 Å². The molecule has 4 N–H and O–H groups in total. The zero-order valence-corrected chi connectivity index (χ0v) is 20.1. The Morgan fingerprint density at radius 2 is 1.90 bits per heavy atom. The fourth-order valence-corrected chi connectivity index (χ4v) is 3.93. The molecule has 31 heavy (non-hydrogen) atoms. The van der Waals surface area contributed by atoms with E-state index < -0.39 is 10.0 Å². The van der Waals surface area contributed by atoms with Crippen molar-refractivity contribution in [2.75, 3.05) is 19.0 Å². The summed E-state index contributed by atoms with van der Waals surface area (Å²) < 4.78 is 27.9. The number of sulfonamides is 1. The topological polar surface area (TPSA) is 110 Å². The molecular formula is C19H25N7O2S3. The van der Waals surface area contributed by atoms with Crippen LogP contribution in [0.4, 0.5) is 5.69 Å². The molecular weight excluding hydrogens is 454 g/mol. The molecule has 0 aliphatic carbocycles. The molecule has 2 rings (SSSR count). The molecule has 0 heterocycles. The van der Waals surface area contributed by atoms with Gasteiger partial charge < -0.3 is 4.90 Å². The molecule has 2 aromatic carbocycles. The van der Waals surface area contributed by atoms with Crippen LogP contribution in [-0.2, 0) is 10.0 Å². The summed E-state index contributed by atoms with van der Waals surface area (Å²) in [6.07, 6.45) is 0. The monoisotopic (exact) mass is 479 g/mol. The van der Waals surface area contributed by atoms with Crippen molar-refractivity contribution in [1.29, 1.82) is 0 Å². The molecule has 0 aromatic heterocycles. The van der Waals surface area contributed by atoms with Gasteiger partial charge in [-0.2, -0.15) is 5.10 Å². The molecule has 0 fully saturated rings. The molecule has 12 heteroatoms. The van der Waals surface area contributed by atoms with Crippen LogP contribution in [0.15, 0.2) is 51.4 Å². The highest BCUT2D eigenvalue weighted by molar-refractivity contribution is 7.91. The highest BCUT2D eigenvalue weighted by Gasteiger charge is 2.17. The Balaban J connectivity index is 2.06.